The molecule has 0 aliphatic carbocycles. The van der Waals surface area contributed by atoms with Crippen LogP contribution in [0.5, 0.6) is 5.75 Å². The third kappa shape index (κ3) is 4.64. The average molecular weight is 378 g/mol. The molecule has 7 heteroatoms. The van der Waals surface area contributed by atoms with Crippen LogP contribution in [-0.2, 0) is 0 Å². The van der Waals surface area contributed by atoms with Gasteiger partial charge in [-0.05, 0) is 37.1 Å². The zero-order chi connectivity index (χ0) is 19.1. The van der Waals surface area contributed by atoms with Crippen LogP contribution in [0.25, 0.3) is 11.1 Å². The van der Waals surface area contributed by atoms with Gasteiger partial charge in [-0.15, -0.1) is 0 Å². The van der Waals surface area contributed by atoms with Gasteiger partial charge in [0.2, 0.25) is 5.82 Å². The van der Waals surface area contributed by atoms with Gasteiger partial charge in [0.1, 0.15) is 5.75 Å². The molecule has 0 aliphatic heterocycles. The number of ether oxygens (including phenoxy) is 1. The summed E-state index contributed by atoms with van der Waals surface area (Å²) in [5.41, 5.74) is 0.954. The van der Waals surface area contributed by atoms with Crippen molar-refractivity contribution in [1.29, 1.82) is 0 Å². The van der Waals surface area contributed by atoms with Crippen LogP contribution in [0.3, 0.4) is 0 Å². The normalized spacial score (nSPS) is 10.8. The Labute approximate surface area is 158 Å². The number of anilines is 1. The molecule has 0 fully saturated rings. The minimum Gasteiger partial charge on any atom is -0.497 e. The maximum Gasteiger partial charge on any atom is 0.319 e. The van der Waals surface area contributed by atoms with E-state index in [-0.39, 0.29) is 17.5 Å². The Morgan fingerprint density at radius 1 is 1.23 bits per heavy atom. The number of methoxy groups -OCH3 is 1. The Balaban J connectivity index is 2.50. The summed E-state index contributed by atoms with van der Waals surface area (Å²) in [6.07, 6.45) is 5.42. The number of pyridine rings is 1. The summed E-state index contributed by atoms with van der Waals surface area (Å²) in [6.45, 7) is 4.19. The Bertz CT molecular complexity index is 762. The molecular weight excluding hydrogens is 354 g/mol. The summed E-state index contributed by atoms with van der Waals surface area (Å²) in [6, 6.07) is 6.87. The smallest absolute Gasteiger partial charge is 0.319 e. The highest BCUT2D eigenvalue weighted by atomic mass is 35.5. The lowest BCUT2D eigenvalue weighted by atomic mass is 10.0. The predicted octanol–water partition coefficient (Wildman–Crippen LogP) is 5.70. The molecule has 0 amide bonds. The van der Waals surface area contributed by atoms with E-state index in [1.165, 1.54) is 0 Å². The maximum atomic E-state index is 11.8. The third-order valence-corrected chi connectivity index (χ3v) is 4.50. The topological polar surface area (TPSA) is 77.3 Å². The maximum absolute atomic E-state index is 11.8. The summed E-state index contributed by atoms with van der Waals surface area (Å²) in [5, 5.41) is 15.5. The summed E-state index contributed by atoms with van der Waals surface area (Å²) >= 11 is 6.33. The van der Waals surface area contributed by atoms with Crippen LogP contribution in [0.1, 0.15) is 39.5 Å². The third-order valence-electron chi connectivity index (χ3n) is 4.19. The van der Waals surface area contributed by atoms with Gasteiger partial charge in [-0.2, -0.15) is 0 Å². The molecule has 26 heavy (non-hydrogen) atoms. The van der Waals surface area contributed by atoms with Gasteiger partial charge in [0.15, 0.2) is 0 Å². The standard InChI is InChI=1S/C19H24ClN3O3/c1-4-6-13(7-5-2)22-19-18(23(24)25)16(10-11-21-19)15-9-8-14(26-3)12-17(15)20/h8-13H,4-7H2,1-3H3,(H,21,22). The van der Waals surface area contributed by atoms with E-state index in [9.17, 15) is 10.1 Å². The zero-order valence-electron chi connectivity index (χ0n) is 15.3. The van der Waals surface area contributed by atoms with E-state index in [2.05, 4.69) is 24.1 Å². The molecule has 0 bridgehead atoms. The van der Waals surface area contributed by atoms with Crippen molar-refractivity contribution in [2.75, 3.05) is 12.4 Å². The molecule has 0 spiro atoms. The van der Waals surface area contributed by atoms with Gasteiger partial charge in [0, 0.05) is 17.8 Å². The van der Waals surface area contributed by atoms with Crippen LogP contribution < -0.4 is 10.1 Å². The molecule has 1 N–H and O–H groups in total. The van der Waals surface area contributed by atoms with Gasteiger partial charge in [-0.1, -0.05) is 38.3 Å². The van der Waals surface area contributed by atoms with Crippen LogP contribution in [-0.4, -0.2) is 23.1 Å². The van der Waals surface area contributed by atoms with E-state index in [1.807, 2.05) is 0 Å². The van der Waals surface area contributed by atoms with Crippen LogP contribution in [0, 0.1) is 10.1 Å². The van der Waals surface area contributed by atoms with Crippen molar-refractivity contribution in [3.05, 3.63) is 45.6 Å². The fourth-order valence-corrected chi connectivity index (χ4v) is 3.25. The van der Waals surface area contributed by atoms with E-state index in [1.54, 1.807) is 37.6 Å². The Hall–Kier alpha value is -2.34. The average Bonchev–Trinajstić information content (AvgIpc) is 2.61. The quantitative estimate of drug-likeness (QED) is 0.448. The summed E-state index contributed by atoms with van der Waals surface area (Å²) in [5.74, 6) is 0.881. The summed E-state index contributed by atoms with van der Waals surface area (Å²) < 4.78 is 5.15. The van der Waals surface area contributed by atoms with Gasteiger partial charge >= 0.3 is 5.69 Å². The first-order chi connectivity index (χ1) is 12.5. The van der Waals surface area contributed by atoms with Crippen molar-refractivity contribution in [3.63, 3.8) is 0 Å². The molecule has 6 nitrogen and oxygen atoms in total. The Morgan fingerprint density at radius 2 is 1.92 bits per heavy atom. The monoisotopic (exact) mass is 377 g/mol. The molecule has 2 rings (SSSR count). The highest BCUT2D eigenvalue weighted by molar-refractivity contribution is 6.33. The van der Waals surface area contributed by atoms with E-state index in [4.69, 9.17) is 16.3 Å². The molecule has 0 aliphatic rings. The lowest BCUT2D eigenvalue weighted by Crippen LogP contribution is -2.20. The largest absolute Gasteiger partial charge is 0.497 e. The second-order valence-electron chi connectivity index (χ2n) is 6.08. The van der Waals surface area contributed by atoms with E-state index < -0.39 is 4.92 Å². The van der Waals surface area contributed by atoms with E-state index >= 15 is 0 Å². The SMILES string of the molecule is CCCC(CCC)Nc1nccc(-c2ccc(OC)cc2Cl)c1[N+](=O)[O-]. The van der Waals surface area contributed by atoms with Crippen molar-refractivity contribution < 1.29 is 9.66 Å². The molecule has 2 aromatic rings. The van der Waals surface area contributed by atoms with E-state index in [0.717, 1.165) is 25.7 Å². The summed E-state index contributed by atoms with van der Waals surface area (Å²) in [7, 11) is 1.55. The number of hydrogen-bond donors (Lipinski definition) is 1. The lowest BCUT2D eigenvalue weighted by molar-refractivity contribution is -0.383. The first-order valence-electron chi connectivity index (χ1n) is 8.75. The fraction of sp³-hybridized carbons (Fsp3) is 0.421. The second kappa shape index (κ2) is 9.38. The van der Waals surface area contributed by atoms with Crippen molar-refractivity contribution >= 4 is 23.1 Å². The van der Waals surface area contributed by atoms with Gasteiger partial charge in [0.05, 0.1) is 22.6 Å². The minimum atomic E-state index is -0.403. The Kier molecular flexibility index (Phi) is 7.21. The van der Waals surface area contributed by atoms with Gasteiger partial charge in [-0.3, -0.25) is 10.1 Å². The van der Waals surface area contributed by atoms with Crippen molar-refractivity contribution in [1.82, 2.24) is 4.98 Å². The highest BCUT2D eigenvalue weighted by Gasteiger charge is 2.25. The number of halogens is 1. The molecule has 1 aromatic carbocycles. The number of hydrogen-bond acceptors (Lipinski definition) is 5. The molecular formula is C19H24ClN3O3. The molecule has 0 atom stereocenters. The molecule has 140 valence electrons. The molecule has 0 saturated carbocycles. The Morgan fingerprint density at radius 3 is 2.46 bits per heavy atom. The van der Waals surface area contributed by atoms with Gasteiger partial charge in [0.25, 0.3) is 0 Å². The van der Waals surface area contributed by atoms with E-state index in [0.29, 0.717) is 21.9 Å². The number of nitro groups is 1. The van der Waals surface area contributed by atoms with Gasteiger partial charge in [-0.25, -0.2) is 4.98 Å². The van der Waals surface area contributed by atoms with Crippen molar-refractivity contribution in [2.45, 2.75) is 45.6 Å². The predicted molar refractivity (Wildman–Crippen MR) is 105 cm³/mol. The zero-order valence-corrected chi connectivity index (χ0v) is 16.0. The van der Waals surface area contributed by atoms with Crippen LogP contribution in [0.4, 0.5) is 11.5 Å². The van der Waals surface area contributed by atoms with Crippen molar-refractivity contribution in [3.8, 4) is 16.9 Å². The number of aromatic nitrogens is 1. The minimum absolute atomic E-state index is 0.0585. The van der Waals surface area contributed by atoms with Gasteiger partial charge < -0.3 is 10.1 Å². The highest BCUT2D eigenvalue weighted by Crippen LogP contribution is 2.39. The number of nitrogens with one attached hydrogen (secondary N) is 1. The molecule has 1 heterocycles. The van der Waals surface area contributed by atoms with Crippen molar-refractivity contribution in [2.24, 2.45) is 0 Å². The molecule has 0 saturated heterocycles. The molecule has 0 radical (unpaired) electrons. The summed E-state index contributed by atoms with van der Waals surface area (Å²) in [4.78, 5) is 15.6. The fourth-order valence-electron chi connectivity index (χ4n) is 2.98. The number of rotatable bonds is 9. The first-order valence-corrected chi connectivity index (χ1v) is 9.13. The lowest BCUT2D eigenvalue weighted by Gasteiger charge is -2.18. The number of benzene rings is 1. The van der Waals surface area contributed by atoms with Crippen LogP contribution in [0.15, 0.2) is 30.5 Å². The molecule has 0 unspecified atom stereocenters. The van der Waals surface area contributed by atoms with Crippen LogP contribution in [0.2, 0.25) is 5.02 Å². The molecule has 1 aromatic heterocycles. The first kappa shape index (κ1) is 20.0. The second-order valence-corrected chi connectivity index (χ2v) is 6.48. The van der Waals surface area contributed by atoms with Crippen LogP contribution >= 0.6 is 11.6 Å². The number of nitrogens with zero attached hydrogens (tertiary/aromatic N) is 2.